The summed E-state index contributed by atoms with van der Waals surface area (Å²) in [6, 6.07) is 15.5. The van der Waals surface area contributed by atoms with Crippen LogP contribution in [0.2, 0.25) is 5.02 Å². The van der Waals surface area contributed by atoms with Crippen molar-refractivity contribution in [2.45, 2.75) is 31.8 Å². The number of halogens is 1. The van der Waals surface area contributed by atoms with E-state index in [0.717, 1.165) is 43.2 Å². The Morgan fingerprint density at radius 2 is 1.90 bits per heavy atom. The summed E-state index contributed by atoms with van der Waals surface area (Å²) in [5, 5.41) is 3.93. The first-order chi connectivity index (χ1) is 15.0. The van der Waals surface area contributed by atoms with Gasteiger partial charge in [-0.15, -0.1) is 0 Å². The van der Waals surface area contributed by atoms with Crippen molar-refractivity contribution in [1.29, 1.82) is 0 Å². The molecule has 2 aliphatic rings. The van der Waals surface area contributed by atoms with Crippen LogP contribution in [-0.2, 0) is 16.1 Å². The van der Waals surface area contributed by atoms with Gasteiger partial charge in [0.1, 0.15) is 5.75 Å². The highest BCUT2D eigenvalue weighted by atomic mass is 35.5. The van der Waals surface area contributed by atoms with Gasteiger partial charge in [-0.25, -0.2) is 0 Å². The van der Waals surface area contributed by atoms with Crippen LogP contribution in [0.15, 0.2) is 48.5 Å². The molecule has 0 aliphatic carbocycles. The number of hydrogen-bond acceptors (Lipinski definition) is 4. The van der Waals surface area contributed by atoms with Crippen LogP contribution in [0.4, 0.5) is 5.69 Å². The summed E-state index contributed by atoms with van der Waals surface area (Å²) in [5.74, 6) is 0.343. The van der Waals surface area contributed by atoms with Crippen molar-refractivity contribution in [3.05, 3.63) is 59.1 Å². The smallest absolute Gasteiger partial charge is 0.227 e. The first-order valence-electron chi connectivity index (χ1n) is 10.7. The summed E-state index contributed by atoms with van der Waals surface area (Å²) >= 11 is 5.96. The van der Waals surface area contributed by atoms with E-state index in [1.165, 1.54) is 5.56 Å². The third-order valence-electron chi connectivity index (χ3n) is 6.11. The number of carbonyl (C=O) groups excluding carboxylic acids is 2. The molecular weight excluding hydrogens is 414 g/mol. The number of hydrogen-bond donors (Lipinski definition) is 1. The van der Waals surface area contributed by atoms with Gasteiger partial charge in [-0.05, 0) is 42.7 Å². The Kier molecular flexibility index (Phi) is 6.78. The molecule has 2 aliphatic heterocycles. The molecule has 0 bridgehead atoms. The molecule has 0 saturated carbocycles. The second-order valence-electron chi connectivity index (χ2n) is 8.29. The normalized spacial score (nSPS) is 20.1. The molecule has 2 heterocycles. The van der Waals surface area contributed by atoms with Crippen LogP contribution >= 0.6 is 11.6 Å². The molecule has 2 saturated heterocycles. The van der Waals surface area contributed by atoms with E-state index in [2.05, 4.69) is 22.3 Å². The van der Waals surface area contributed by atoms with Gasteiger partial charge in [0.05, 0.1) is 13.0 Å². The molecule has 1 atom stereocenters. The average molecular weight is 442 g/mol. The summed E-state index contributed by atoms with van der Waals surface area (Å²) in [6.45, 7) is 3.18. The highest BCUT2D eigenvalue weighted by Crippen LogP contribution is 2.28. The highest BCUT2D eigenvalue weighted by molar-refractivity contribution is 6.30. The monoisotopic (exact) mass is 441 g/mol. The lowest BCUT2D eigenvalue weighted by Crippen LogP contribution is -2.46. The van der Waals surface area contributed by atoms with Gasteiger partial charge in [0, 0.05) is 55.4 Å². The average Bonchev–Trinajstić information content (AvgIpc) is 3.18. The predicted octanol–water partition coefficient (Wildman–Crippen LogP) is 3.48. The topological polar surface area (TPSA) is 61.9 Å². The van der Waals surface area contributed by atoms with E-state index >= 15 is 0 Å². The Morgan fingerprint density at radius 1 is 1.16 bits per heavy atom. The van der Waals surface area contributed by atoms with E-state index in [1.54, 1.807) is 12.0 Å². The maximum absolute atomic E-state index is 12.8. The highest BCUT2D eigenvalue weighted by Gasteiger charge is 2.36. The Morgan fingerprint density at radius 3 is 2.61 bits per heavy atom. The lowest BCUT2D eigenvalue weighted by Gasteiger charge is -2.32. The van der Waals surface area contributed by atoms with Crippen LogP contribution in [0.25, 0.3) is 0 Å². The summed E-state index contributed by atoms with van der Waals surface area (Å²) in [6.07, 6.45) is 2.08. The number of methoxy groups -OCH3 is 1. The molecule has 0 unspecified atom stereocenters. The van der Waals surface area contributed by atoms with Gasteiger partial charge in [-0.1, -0.05) is 29.8 Å². The number of likely N-dealkylation sites (tertiary alicyclic amines) is 1. The maximum atomic E-state index is 12.8. The number of amides is 2. The van der Waals surface area contributed by atoms with Crippen molar-refractivity contribution in [2.75, 3.05) is 31.6 Å². The molecule has 2 aromatic rings. The van der Waals surface area contributed by atoms with Crippen LogP contribution in [0, 0.1) is 5.92 Å². The Balaban J connectivity index is 1.26. The fourth-order valence-corrected chi connectivity index (χ4v) is 4.44. The number of benzene rings is 2. The van der Waals surface area contributed by atoms with Crippen LogP contribution in [0.5, 0.6) is 5.75 Å². The molecule has 4 rings (SSSR count). The predicted molar refractivity (Wildman–Crippen MR) is 121 cm³/mol. The Hall–Kier alpha value is -2.57. The molecule has 0 aromatic heterocycles. The largest absolute Gasteiger partial charge is 0.497 e. The van der Waals surface area contributed by atoms with Crippen LogP contribution in [0.3, 0.4) is 0 Å². The summed E-state index contributed by atoms with van der Waals surface area (Å²) in [4.78, 5) is 29.4. The third-order valence-corrected chi connectivity index (χ3v) is 6.37. The first-order valence-corrected chi connectivity index (χ1v) is 11.1. The second kappa shape index (κ2) is 9.71. The zero-order valence-electron chi connectivity index (χ0n) is 17.7. The minimum Gasteiger partial charge on any atom is -0.497 e. The van der Waals surface area contributed by atoms with Gasteiger partial charge >= 0.3 is 0 Å². The van der Waals surface area contributed by atoms with Crippen LogP contribution < -0.4 is 15.0 Å². The van der Waals surface area contributed by atoms with Gasteiger partial charge < -0.3 is 15.0 Å². The van der Waals surface area contributed by atoms with Gasteiger partial charge in [0.15, 0.2) is 0 Å². The maximum Gasteiger partial charge on any atom is 0.227 e. The number of carbonyl (C=O) groups is 2. The number of ether oxygens (including phenoxy) is 1. The van der Waals surface area contributed by atoms with Crippen molar-refractivity contribution >= 4 is 29.1 Å². The van der Waals surface area contributed by atoms with Crippen molar-refractivity contribution in [1.82, 2.24) is 10.2 Å². The zero-order valence-corrected chi connectivity index (χ0v) is 18.5. The molecule has 1 N–H and O–H groups in total. The number of anilines is 1. The quantitative estimate of drug-likeness (QED) is 0.745. The van der Waals surface area contributed by atoms with Crippen molar-refractivity contribution in [2.24, 2.45) is 5.92 Å². The number of piperidine rings is 1. The number of rotatable bonds is 6. The fourth-order valence-electron chi connectivity index (χ4n) is 4.31. The summed E-state index contributed by atoms with van der Waals surface area (Å²) in [7, 11) is 1.60. The van der Waals surface area contributed by atoms with E-state index in [4.69, 9.17) is 16.3 Å². The third kappa shape index (κ3) is 5.38. The van der Waals surface area contributed by atoms with Crippen molar-refractivity contribution in [3.8, 4) is 5.75 Å². The molecule has 164 valence electrons. The molecule has 31 heavy (non-hydrogen) atoms. The minimum absolute atomic E-state index is 0.0186. The van der Waals surface area contributed by atoms with Crippen molar-refractivity contribution in [3.63, 3.8) is 0 Å². The summed E-state index contributed by atoms with van der Waals surface area (Å²) < 4.78 is 5.25. The van der Waals surface area contributed by atoms with E-state index < -0.39 is 0 Å². The lowest BCUT2D eigenvalue weighted by atomic mass is 10.0. The molecule has 6 nitrogen and oxygen atoms in total. The van der Waals surface area contributed by atoms with Gasteiger partial charge in [0.25, 0.3) is 0 Å². The molecule has 0 spiro atoms. The molecular formula is C24H28ClN3O3. The minimum atomic E-state index is -0.314. The van der Waals surface area contributed by atoms with E-state index in [0.29, 0.717) is 12.3 Å². The number of nitrogens with one attached hydrogen (secondary N) is 1. The zero-order chi connectivity index (χ0) is 21.8. The van der Waals surface area contributed by atoms with Gasteiger partial charge in [0.2, 0.25) is 11.8 Å². The fraction of sp³-hybridized carbons (Fsp3) is 0.417. The molecule has 0 radical (unpaired) electrons. The first kappa shape index (κ1) is 21.7. The standard InChI is InChI=1S/C24H28ClN3O3/c1-31-22-4-2-3-21(14-22)28-16-18(13-23(28)29)24(30)26-20-9-11-27(12-10-20)15-17-5-7-19(25)8-6-17/h2-8,14,18,20H,9-13,15-16H2,1H3,(H,26,30)/t18-/m1/s1. The molecule has 7 heteroatoms. The number of nitrogens with zero attached hydrogens (tertiary/aromatic N) is 2. The lowest BCUT2D eigenvalue weighted by molar-refractivity contribution is -0.127. The summed E-state index contributed by atoms with van der Waals surface area (Å²) in [5.41, 5.74) is 2.02. The SMILES string of the molecule is COc1cccc(N2C[C@H](C(=O)NC3CCN(Cc4ccc(Cl)cc4)CC3)CC2=O)c1. The van der Waals surface area contributed by atoms with Crippen molar-refractivity contribution < 1.29 is 14.3 Å². The van der Waals surface area contributed by atoms with Crippen LogP contribution in [0.1, 0.15) is 24.8 Å². The Labute approximate surface area is 188 Å². The molecule has 2 amide bonds. The molecule has 2 fully saturated rings. The van der Waals surface area contributed by atoms with E-state index in [1.807, 2.05) is 36.4 Å². The van der Waals surface area contributed by atoms with E-state index in [9.17, 15) is 9.59 Å². The van der Waals surface area contributed by atoms with Gasteiger partial charge in [-0.2, -0.15) is 0 Å². The van der Waals surface area contributed by atoms with Crippen LogP contribution in [-0.4, -0.2) is 49.5 Å². The second-order valence-corrected chi connectivity index (χ2v) is 8.73. The Bertz CT molecular complexity index is 926. The van der Waals surface area contributed by atoms with E-state index in [-0.39, 0.29) is 30.2 Å². The molecule has 2 aromatic carbocycles. The van der Waals surface area contributed by atoms with Gasteiger partial charge in [-0.3, -0.25) is 14.5 Å².